The van der Waals surface area contributed by atoms with E-state index in [-0.39, 0.29) is 17.9 Å². The topological polar surface area (TPSA) is 80.3 Å². The highest BCUT2D eigenvalue weighted by molar-refractivity contribution is 5.97. The molecule has 2 rings (SSSR count). The molecular formula is C16H23N3O3. The number of nitrogens with zero attached hydrogens (tertiary/aromatic N) is 1. The van der Waals surface area contributed by atoms with Crippen molar-refractivity contribution >= 4 is 23.3 Å². The Morgan fingerprint density at radius 1 is 1.36 bits per heavy atom. The second-order valence-electron chi connectivity index (χ2n) is 5.72. The molecular weight excluding hydrogens is 282 g/mol. The molecule has 0 radical (unpaired) electrons. The number of hydrogen-bond donors (Lipinski definition) is 2. The van der Waals surface area contributed by atoms with E-state index in [1.165, 1.54) is 6.92 Å². The number of nitrogens with one attached hydrogen (secondary N) is 2. The number of hydrogen-bond acceptors (Lipinski definition) is 4. The standard InChI is InChI=1S/C16H23N3O3/c1-11(20)18-14-7-4-8-17-16(14)19-15(21)10-12-5-3-6-13(9-12)22-2/h4,7-8,12-13H,3,5-6,9-10H2,1-2H3,(H,18,20)(H,17,19,21). The molecule has 1 aliphatic rings. The Balaban J connectivity index is 1.93. The van der Waals surface area contributed by atoms with Gasteiger partial charge in [0.15, 0.2) is 5.82 Å². The zero-order chi connectivity index (χ0) is 15.9. The molecule has 1 fully saturated rings. The monoisotopic (exact) mass is 305 g/mol. The molecule has 2 atom stereocenters. The highest BCUT2D eigenvalue weighted by atomic mass is 16.5. The maximum Gasteiger partial charge on any atom is 0.225 e. The van der Waals surface area contributed by atoms with Crippen LogP contribution in [0.4, 0.5) is 11.5 Å². The summed E-state index contributed by atoms with van der Waals surface area (Å²) in [6.07, 6.45) is 6.44. The molecule has 0 bridgehead atoms. The number of methoxy groups -OCH3 is 1. The number of carbonyl (C=O) groups is 2. The van der Waals surface area contributed by atoms with Crippen LogP contribution in [0.1, 0.15) is 39.0 Å². The van der Waals surface area contributed by atoms with Gasteiger partial charge in [-0.3, -0.25) is 9.59 Å². The van der Waals surface area contributed by atoms with Gasteiger partial charge in [-0.05, 0) is 37.3 Å². The summed E-state index contributed by atoms with van der Waals surface area (Å²) in [4.78, 5) is 27.5. The zero-order valence-corrected chi connectivity index (χ0v) is 13.1. The van der Waals surface area contributed by atoms with Crippen molar-refractivity contribution in [3.63, 3.8) is 0 Å². The molecule has 1 aliphatic carbocycles. The van der Waals surface area contributed by atoms with Crippen molar-refractivity contribution in [3.05, 3.63) is 18.3 Å². The van der Waals surface area contributed by atoms with E-state index in [9.17, 15) is 9.59 Å². The molecule has 0 spiro atoms. The fourth-order valence-electron chi connectivity index (χ4n) is 2.88. The molecule has 6 nitrogen and oxygen atoms in total. The van der Waals surface area contributed by atoms with Gasteiger partial charge in [0.25, 0.3) is 0 Å². The third-order valence-corrected chi connectivity index (χ3v) is 3.92. The van der Waals surface area contributed by atoms with E-state index in [4.69, 9.17) is 4.74 Å². The number of rotatable bonds is 5. The molecule has 2 amide bonds. The Morgan fingerprint density at radius 2 is 2.18 bits per heavy atom. The summed E-state index contributed by atoms with van der Waals surface area (Å²) >= 11 is 0. The summed E-state index contributed by atoms with van der Waals surface area (Å²) in [7, 11) is 1.72. The average molecular weight is 305 g/mol. The van der Waals surface area contributed by atoms with Gasteiger partial charge in [-0.1, -0.05) is 6.42 Å². The zero-order valence-electron chi connectivity index (χ0n) is 13.1. The lowest BCUT2D eigenvalue weighted by atomic mass is 9.85. The Labute approximate surface area is 130 Å². The highest BCUT2D eigenvalue weighted by Crippen LogP contribution is 2.29. The first-order chi connectivity index (χ1) is 10.6. The summed E-state index contributed by atoms with van der Waals surface area (Å²) in [6.45, 7) is 1.42. The van der Waals surface area contributed by atoms with Crippen LogP contribution in [-0.2, 0) is 14.3 Å². The summed E-state index contributed by atoms with van der Waals surface area (Å²) in [5.74, 6) is 0.458. The molecule has 0 saturated heterocycles. The first-order valence-corrected chi connectivity index (χ1v) is 7.63. The lowest BCUT2D eigenvalue weighted by Gasteiger charge is -2.27. The highest BCUT2D eigenvalue weighted by Gasteiger charge is 2.24. The third-order valence-electron chi connectivity index (χ3n) is 3.92. The van der Waals surface area contributed by atoms with Gasteiger partial charge in [0.05, 0.1) is 11.8 Å². The van der Waals surface area contributed by atoms with Crippen molar-refractivity contribution in [2.75, 3.05) is 17.7 Å². The molecule has 2 unspecified atom stereocenters. The predicted octanol–water partition coefficient (Wildman–Crippen LogP) is 2.57. The Bertz CT molecular complexity index is 533. The van der Waals surface area contributed by atoms with Crippen LogP contribution < -0.4 is 10.6 Å². The number of anilines is 2. The molecule has 1 saturated carbocycles. The van der Waals surface area contributed by atoms with E-state index in [1.807, 2.05) is 0 Å². The molecule has 1 heterocycles. The largest absolute Gasteiger partial charge is 0.381 e. The van der Waals surface area contributed by atoms with E-state index < -0.39 is 0 Å². The molecule has 22 heavy (non-hydrogen) atoms. The van der Waals surface area contributed by atoms with Gasteiger partial charge < -0.3 is 15.4 Å². The number of carbonyl (C=O) groups excluding carboxylic acids is 2. The van der Waals surface area contributed by atoms with Crippen molar-refractivity contribution in [1.29, 1.82) is 0 Å². The quantitative estimate of drug-likeness (QED) is 0.876. The molecule has 0 aromatic carbocycles. The maximum atomic E-state index is 12.2. The lowest BCUT2D eigenvalue weighted by Crippen LogP contribution is -2.26. The minimum absolute atomic E-state index is 0.0768. The molecule has 0 aliphatic heterocycles. The minimum atomic E-state index is -0.196. The fourth-order valence-corrected chi connectivity index (χ4v) is 2.88. The molecule has 6 heteroatoms. The summed E-state index contributed by atoms with van der Waals surface area (Å²) in [5, 5.41) is 5.45. The number of ether oxygens (including phenoxy) is 1. The maximum absolute atomic E-state index is 12.2. The smallest absolute Gasteiger partial charge is 0.225 e. The van der Waals surface area contributed by atoms with Gasteiger partial charge in [-0.15, -0.1) is 0 Å². The van der Waals surface area contributed by atoms with E-state index in [0.717, 1.165) is 25.7 Å². The van der Waals surface area contributed by atoms with Gasteiger partial charge in [0, 0.05) is 26.7 Å². The Hall–Kier alpha value is -1.95. The number of pyridine rings is 1. The van der Waals surface area contributed by atoms with Gasteiger partial charge in [-0.25, -0.2) is 4.98 Å². The summed E-state index contributed by atoms with van der Waals surface area (Å²) < 4.78 is 5.39. The van der Waals surface area contributed by atoms with Gasteiger partial charge in [0.2, 0.25) is 11.8 Å². The van der Waals surface area contributed by atoms with Crippen LogP contribution >= 0.6 is 0 Å². The lowest BCUT2D eigenvalue weighted by molar-refractivity contribution is -0.117. The molecule has 2 N–H and O–H groups in total. The van der Waals surface area contributed by atoms with Crippen LogP contribution in [0.15, 0.2) is 18.3 Å². The predicted molar refractivity (Wildman–Crippen MR) is 84.5 cm³/mol. The first-order valence-electron chi connectivity index (χ1n) is 7.63. The summed E-state index contributed by atoms with van der Waals surface area (Å²) in [5.41, 5.74) is 0.516. The molecule has 120 valence electrons. The number of aromatic nitrogens is 1. The van der Waals surface area contributed by atoms with E-state index in [0.29, 0.717) is 23.8 Å². The van der Waals surface area contributed by atoms with Crippen LogP contribution in [-0.4, -0.2) is 30.0 Å². The third kappa shape index (κ3) is 4.80. The second-order valence-corrected chi connectivity index (χ2v) is 5.72. The minimum Gasteiger partial charge on any atom is -0.381 e. The number of amides is 2. The molecule has 1 aromatic heterocycles. The SMILES string of the molecule is COC1CCCC(CC(=O)Nc2ncccc2NC(C)=O)C1. The van der Waals surface area contributed by atoms with Crippen LogP contribution in [0, 0.1) is 5.92 Å². The van der Waals surface area contributed by atoms with Crippen molar-refractivity contribution in [2.24, 2.45) is 5.92 Å². The second kappa shape index (κ2) is 7.89. The van der Waals surface area contributed by atoms with Crippen molar-refractivity contribution in [2.45, 2.75) is 45.1 Å². The first kappa shape index (κ1) is 16.4. The van der Waals surface area contributed by atoms with E-state index >= 15 is 0 Å². The fraction of sp³-hybridized carbons (Fsp3) is 0.562. The van der Waals surface area contributed by atoms with Crippen molar-refractivity contribution in [3.8, 4) is 0 Å². The Kier molecular flexibility index (Phi) is 5.89. The van der Waals surface area contributed by atoms with Crippen molar-refractivity contribution < 1.29 is 14.3 Å². The molecule has 1 aromatic rings. The van der Waals surface area contributed by atoms with E-state index in [2.05, 4.69) is 15.6 Å². The van der Waals surface area contributed by atoms with Crippen molar-refractivity contribution in [1.82, 2.24) is 4.98 Å². The van der Waals surface area contributed by atoms with Gasteiger partial charge in [0.1, 0.15) is 0 Å². The van der Waals surface area contributed by atoms with E-state index in [1.54, 1.807) is 25.4 Å². The van der Waals surface area contributed by atoms with Crippen LogP contribution in [0.3, 0.4) is 0 Å². The Morgan fingerprint density at radius 3 is 2.91 bits per heavy atom. The van der Waals surface area contributed by atoms with Gasteiger partial charge >= 0.3 is 0 Å². The van der Waals surface area contributed by atoms with Crippen LogP contribution in [0.25, 0.3) is 0 Å². The van der Waals surface area contributed by atoms with Crippen LogP contribution in [0.2, 0.25) is 0 Å². The normalized spacial score (nSPS) is 21.2. The van der Waals surface area contributed by atoms with Crippen LogP contribution in [0.5, 0.6) is 0 Å². The van der Waals surface area contributed by atoms with Gasteiger partial charge in [-0.2, -0.15) is 0 Å². The summed E-state index contributed by atoms with van der Waals surface area (Å²) in [6, 6.07) is 3.43. The average Bonchev–Trinajstić information content (AvgIpc) is 2.49.